The van der Waals surface area contributed by atoms with E-state index in [1.807, 2.05) is 0 Å². The minimum Gasteiger partial charge on any atom is -0.356 e. The fourth-order valence-electron chi connectivity index (χ4n) is 8.52. The summed E-state index contributed by atoms with van der Waals surface area (Å²) in [7, 11) is 0. The first-order chi connectivity index (χ1) is 22.5. The molecule has 1 unspecified atom stereocenters. The van der Waals surface area contributed by atoms with Gasteiger partial charge in [0.25, 0.3) is 0 Å². The number of fused-ring (bicyclic) bond motifs is 12. The van der Waals surface area contributed by atoms with E-state index in [-0.39, 0.29) is 5.41 Å². The van der Waals surface area contributed by atoms with Crippen molar-refractivity contribution in [3.05, 3.63) is 161 Å². The van der Waals surface area contributed by atoms with E-state index in [9.17, 15) is 0 Å². The fraction of sp³-hybridized carbons (Fsp3) is 0.182. The molecule has 0 bridgehead atoms. The van der Waals surface area contributed by atoms with E-state index in [0.717, 1.165) is 24.2 Å². The number of hydrogen-bond acceptors (Lipinski definition) is 1. The predicted molar refractivity (Wildman–Crippen MR) is 194 cm³/mol. The van der Waals surface area contributed by atoms with Crippen molar-refractivity contribution >= 4 is 33.2 Å². The number of hydrogen-bond donors (Lipinski definition) is 1. The summed E-state index contributed by atoms with van der Waals surface area (Å²) in [6.07, 6.45) is 2.21. The van der Waals surface area contributed by atoms with Crippen LogP contribution in [0.25, 0.3) is 38.6 Å². The molecule has 0 radical (unpaired) electrons. The molecule has 7 aromatic rings. The van der Waals surface area contributed by atoms with Crippen molar-refractivity contribution in [2.75, 3.05) is 5.32 Å². The molecule has 1 aromatic heterocycles. The number of benzene rings is 6. The van der Waals surface area contributed by atoms with Gasteiger partial charge < -0.3 is 9.88 Å². The molecule has 2 heteroatoms. The molecular formula is C44H38N2. The van der Waals surface area contributed by atoms with Gasteiger partial charge in [-0.2, -0.15) is 0 Å². The SMILES string of the molecule is CCC(C)(CC)c1ccc2c(c1)C1(c3cc(Nc4ccc(C)cc4)ccc3-2)c2ccccc2-n2c3ccccc3c3cccc1c32. The third-order valence-electron chi connectivity index (χ3n) is 11.4. The molecule has 0 saturated carbocycles. The van der Waals surface area contributed by atoms with Crippen LogP contribution in [0.4, 0.5) is 11.4 Å². The molecule has 9 rings (SSSR count). The second-order valence-corrected chi connectivity index (χ2v) is 13.6. The first-order valence-electron chi connectivity index (χ1n) is 16.7. The van der Waals surface area contributed by atoms with Gasteiger partial charge in [0.15, 0.2) is 0 Å². The number of aryl methyl sites for hydroxylation is 1. The quantitative estimate of drug-likeness (QED) is 0.210. The third kappa shape index (κ3) is 3.47. The number of para-hydroxylation sites is 3. The lowest BCUT2D eigenvalue weighted by molar-refractivity contribution is 0.438. The van der Waals surface area contributed by atoms with Crippen LogP contribution in [0.5, 0.6) is 0 Å². The Hall–Kier alpha value is -5.08. The van der Waals surface area contributed by atoms with Crippen molar-refractivity contribution in [1.29, 1.82) is 0 Å². The second kappa shape index (κ2) is 9.71. The van der Waals surface area contributed by atoms with Gasteiger partial charge in [0.05, 0.1) is 22.1 Å². The van der Waals surface area contributed by atoms with Crippen LogP contribution in [-0.2, 0) is 10.8 Å². The average Bonchev–Trinajstić information content (AvgIpc) is 3.59. The number of nitrogens with one attached hydrogen (secondary N) is 1. The van der Waals surface area contributed by atoms with E-state index in [0.29, 0.717) is 0 Å². The van der Waals surface area contributed by atoms with Crippen molar-refractivity contribution in [1.82, 2.24) is 4.57 Å². The highest BCUT2D eigenvalue weighted by Gasteiger charge is 2.51. The zero-order valence-electron chi connectivity index (χ0n) is 27.0. The summed E-state index contributed by atoms with van der Waals surface area (Å²) in [5, 5.41) is 6.37. The molecular weight excluding hydrogens is 556 g/mol. The van der Waals surface area contributed by atoms with Gasteiger partial charge in [-0.3, -0.25) is 0 Å². The van der Waals surface area contributed by atoms with Gasteiger partial charge in [-0.25, -0.2) is 0 Å². The lowest BCUT2D eigenvalue weighted by atomic mass is 9.64. The lowest BCUT2D eigenvalue weighted by Gasteiger charge is -2.40. The molecule has 2 heterocycles. The van der Waals surface area contributed by atoms with Gasteiger partial charge in [0.2, 0.25) is 0 Å². The van der Waals surface area contributed by atoms with E-state index in [1.54, 1.807) is 0 Å². The first-order valence-corrected chi connectivity index (χ1v) is 16.7. The fourth-order valence-corrected chi connectivity index (χ4v) is 8.52. The van der Waals surface area contributed by atoms with Crippen LogP contribution < -0.4 is 5.32 Å². The molecule has 224 valence electrons. The Kier molecular flexibility index (Phi) is 5.75. The van der Waals surface area contributed by atoms with Gasteiger partial charge in [0.1, 0.15) is 0 Å². The van der Waals surface area contributed by atoms with E-state index in [1.165, 1.54) is 72.0 Å². The Balaban J connectivity index is 1.42. The number of nitrogens with zero attached hydrogens (tertiary/aromatic N) is 1. The highest BCUT2D eigenvalue weighted by Crippen LogP contribution is 2.62. The lowest BCUT2D eigenvalue weighted by Crippen LogP contribution is -2.34. The maximum absolute atomic E-state index is 3.75. The van der Waals surface area contributed by atoms with Crippen LogP contribution in [0.1, 0.15) is 67.0 Å². The molecule has 1 aliphatic carbocycles. The van der Waals surface area contributed by atoms with Crippen LogP contribution in [-0.4, -0.2) is 4.57 Å². The summed E-state index contributed by atoms with van der Waals surface area (Å²) in [6, 6.07) is 48.2. The molecule has 1 atom stereocenters. The van der Waals surface area contributed by atoms with E-state index < -0.39 is 5.41 Å². The number of anilines is 2. The third-order valence-corrected chi connectivity index (χ3v) is 11.4. The van der Waals surface area contributed by atoms with Gasteiger partial charge in [-0.15, -0.1) is 0 Å². The van der Waals surface area contributed by atoms with E-state index in [2.05, 4.69) is 165 Å². The molecule has 1 spiro atoms. The van der Waals surface area contributed by atoms with Crippen molar-refractivity contribution in [3.63, 3.8) is 0 Å². The molecule has 1 aliphatic heterocycles. The van der Waals surface area contributed by atoms with Crippen molar-refractivity contribution in [3.8, 4) is 16.8 Å². The summed E-state index contributed by atoms with van der Waals surface area (Å²) in [4.78, 5) is 0. The van der Waals surface area contributed by atoms with Crippen LogP contribution in [0.3, 0.4) is 0 Å². The Bertz CT molecular complexity index is 2330. The minimum absolute atomic E-state index is 0.109. The Morgan fingerprint density at radius 1 is 0.609 bits per heavy atom. The van der Waals surface area contributed by atoms with Crippen molar-refractivity contribution in [2.24, 2.45) is 0 Å². The normalized spacial score (nSPS) is 16.1. The Morgan fingerprint density at radius 3 is 2.07 bits per heavy atom. The molecule has 0 fully saturated rings. The molecule has 2 aliphatic rings. The number of rotatable bonds is 5. The Labute approximate surface area is 271 Å². The second-order valence-electron chi connectivity index (χ2n) is 13.6. The first kappa shape index (κ1) is 27.2. The standard InChI is InChI=1S/C44H38N2/c1-5-43(4,6-2)29-20-24-32-33-25-23-31(45-30-21-18-28(3)19-22-30)27-39(33)44(38(32)26-29)36-14-8-10-17-41(36)46-40-16-9-7-12-34(40)35-13-11-15-37(44)42(35)46/h7-27,45H,5-6H2,1-4H3. The van der Waals surface area contributed by atoms with Crippen LogP contribution in [0.2, 0.25) is 0 Å². The largest absolute Gasteiger partial charge is 0.356 e. The van der Waals surface area contributed by atoms with Crippen LogP contribution in [0, 0.1) is 6.92 Å². The molecule has 6 aromatic carbocycles. The van der Waals surface area contributed by atoms with Crippen LogP contribution in [0.15, 0.2) is 127 Å². The van der Waals surface area contributed by atoms with Crippen LogP contribution >= 0.6 is 0 Å². The highest BCUT2D eigenvalue weighted by atomic mass is 15.0. The zero-order chi connectivity index (χ0) is 31.2. The van der Waals surface area contributed by atoms with E-state index >= 15 is 0 Å². The molecule has 1 N–H and O–H groups in total. The maximum Gasteiger partial charge on any atom is 0.0755 e. The highest BCUT2D eigenvalue weighted by molar-refractivity contribution is 6.12. The summed E-state index contributed by atoms with van der Waals surface area (Å²) in [6.45, 7) is 9.23. The van der Waals surface area contributed by atoms with Gasteiger partial charge in [0, 0.05) is 22.1 Å². The summed E-state index contributed by atoms with van der Waals surface area (Å²) in [5.74, 6) is 0. The molecule has 0 saturated heterocycles. The molecule has 2 nitrogen and oxygen atoms in total. The summed E-state index contributed by atoms with van der Waals surface area (Å²) < 4.78 is 2.53. The van der Waals surface area contributed by atoms with Gasteiger partial charge >= 0.3 is 0 Å². The van der Waals surface area contributed by atoms with Crippen molar-refractivity contribution in [2.45, 2.75) is 51.4 Å². The number of aromatic nitrogens is 1. The molecule has 0 amide bonds. The zero-order valence-corrected chi connectivity index (χ0v) is 27.0. The molecule has 46 heavy (non-hydrogen) atoms. The monoisotopic (exact) mass is 594 g/mol. The van der Waals surface area contributed by atoms with Crippen molar-refractivity contribution < 1.29 is 0 Å². The Morgan fingerprint density at radius 2 is 1.26 bits per heavy atom. The topological polar surface area (TPSA) is 17.0 Å². The average molecular weight is 595 g/mol. The van der Waals surface area contributed by atoms with Gasteiger partial charge in [-0.05, 0) is 101 Å². The smallest absolute Gasteiger partial charge is 0.0755 e. The predicted octanol–water partition coefficient (Wildman–Crippen LogP) is 11.6. The maximum atomic E-state index is 3.75. The minimum atomic E-state index is -0.464. The summed E-state index contributed by atoms with van der Waals surface area (Å²) >= 11 is 0. The van der Waals surface area contributed by atoms with Gasteiger partial charge in [-0.1, -0.05) is 117 Å². The van der Waals surface area contributed by atoms with E-state index in [4.69, 9.17) is 0 Å². The summed E-state index contributed by atoms with van der Waals surface area (Å²) in [5.41, 5.74) is 16.5.